The molecule has 4 heteroatoms. The molecule has 0 spiro atoms. The molecule has 0 bridgehead atoms. The number of hydrogen-bond acceptors (Lipinski definition) is 3. The van der Waals surface area contributed by atoms with Crippen molar-refractivity contribution in [1.82, 2.24) is 5.32 Å². The van der Waals surface area contributed by atoms with Crippen molar-refractivity contribution in [1.29, 1.82) is 0 Å². The van der Waals surface area contributed by atoms with Gasteiger partial charge in [0, 0.05) is 12.6 Å². The minimum Gasteiger partial charge on any atom is -0.503 e. The number of aromatic hydroxyl groups is 1. The summed E-state index contributed by atoms with van der Waals surface area (Å²) in [6.07, 6.45) is 4.05. The Morgan fingerprint density at radius 3 is 2.83 bits per heavy atom. The maximum atomic E-state index is 9.73. The van der Waals surface area contributed by atoms with Gasteiger partial charge in [-0.05, 0) is 52.9 Å². The van der Waals surface area contributed by atoms with Crippen LogP contribution in [0.3, 0.4) is 0 Å². The largest absolute Gasteiger partial charge is 0.503 e. The van der Waals surface area contributed by atoms with Gasteiger partial charge in [-0.15, -0.1) is 0 Å². The number of ether oxygens (including phenoxy) is 1. The van der Waals surface area contributed by atoms with Crippen LogP contribution in [0.2, 0.25) is 0 Å². The number of halogens is 1. The van der Waals surface area contributed by atoms with Crippen LogP contribution >= 0.6 is 15.9 Å². The molecule has 2 N–H and O–H groups in total. The molecule has 3 nitrogen and oxygen atoms in total. The SMILES string of the molecule is COc1cc(CNC(C)CC2CC2)cc(Br)c1O. The number of phenols is 1. The summed E-state index contributed by atoms with van der Waals surface area (Å²) >= 11 is 3.34. The normalized spacial score (nSPS) is 16.6. The quantitative estimate of drug-likeness (QED) is 0.845. The van der Waals surface area contributed by atoms with Crippen LogP contribution in [0.25, 0.3) is 0 Å². The van der Waals surface area contributed by atoms with Gasteiger partial charge in [-0.25, -0.2) is 0 Å². The van der Waals surface area contributed by atoms with Gasteiger partial charge in [0.2, 0.25) is 0 Å². The second kappa shape index (κ2) is 5.93. The maximum absolute atomic E-state index is 9.73. The van der Waals surface area contributed by atoms with E-state index in [1.165, 1.54) is 19.3 Å². The minimum absolute atomic E-state index is 0.160. The predicted octanol–water partition coefficient (Wildman–Crippen LogP) is 3.44. The molecule has 1 saturated carbocycles. The van der Waals surface area contributed by atoms with Crippen molar-refractivity contribution in [2.24, 2.45) is 5.92 Å². The molecule has 2 rings (SSSR count). The second-order valence-electron chi connectivity index (χ2n) is 5.09. The highest BCUT2D eigenvalue weighted by Gasteiger charge is 2.23. The van der Waals surface area contributed by atoms with Crippen molar-refractivity contribution in [3.05, 3.63) is 22.2 Å². The zero-order valence-electron chi connectivity index (χ0n) is 10.9. The summed E-state index contributed by atoms with van der Waals surface area (Å²) in [6.45, 7) is 3.02. The van der Waals surface area contributed by atoms with Gasteiger partial charge in [0.15, 0.2) is 11.5 Å². The molecule has 0 heterocycles. The number of nitrogens with one attached hydrogen (secondary N) is 1. The van der Waals surface area contributed by atoms with Crippen molar-refractivity contribution in [2.45, 2.75) is 38.8 Å². The molecule has 1 aromatic carbocycles. The molecule has 0 aliphatic heterocycles. The van der Waals surface area contributed by atoms with E-state index in [9.17, 15) is 5.11 Å². The first-order valence-corrected chi connectivity index (χ1v) is 7.18. The fourth-order valence-corrected chi connectivity index (χ4v) is 2.60. The number of methoxy groups -OCH3 is 1. The number of benzene rings is 1. The molecule has 0 amide bonds. The third-order valence-corrected chi connectivity index (χ3v) is 3.95. The van der Waals surface area contributed by atoms with E-state index in [0.717, 1.165) is 18.0 Å². The highest BCUT2D eigenvalue weighted by Crippen LogP contribution is 2.35. The molecule has 0 radical (unpaired) electrons. The van der Waals surface area contributed by atoms with Crippen LogP contribution in [0.15, 0.2) is 16.6 Å². The molecule has 1 aliphatic carbocycles. The van der Waals surface area contributed by atoms with Gasteiger partial charge >= 0.3 is 0 Å². The van der Waals surface area contributed by atoms with Gasteiger partial charge in [0.1, 0.15) is 0 Å². The molecule has 1 fully saturated rings. The lowest BCUT2D eigenvalue weighted by molar-refractivity contribution is 0.371. The Morgan fingerprint density at radius 2 is 2.22 bits per heavy atom. The molecule has 100 valence electrons. The van der Waals surface area contributed by atoms with Gasteiger partial charge in [0.25, 0.3) is 0 Å². The fourth-order valence-electron chi connectivity index (χ4n) is 2.11. The monoisotopic (exact) mass is 313 g/mol. The van der Waals surface area contributed by atoms with Crippen LogP contribution in [0.5, 0.6) is 11.5 Å². The summed E-state index contributed by atoms with van der Waals surface area (Å²) in [5.74, 6) is 1.61. The minimum atomic E-state index is 0.160. The van der Waals surface area contributed by atoms with Crippen LogP contribution < -0.4 is 10.1 Å². The molecule has 1 aliphatic rings. The third-order valence-electron chi connectivity index (χ3n) is 3.35. The van der Waals surface area contributed by atoms with Crippen LogP contribution in [0, 0.1) is 5.92 Å². The third kappa shape index (κ3) is 3.62. The summed E-state index contributed by atoms with van der Waals surface area (Å²) in [4.78, 5) is 0. The lowest BCUT2D eigenvalue weighted by atomic mass is 10.1. The number of phenolic OH excluding ortho intramolecular Hbond substituents is 1. The zero-order valence-corrected chi connectivity index (χ0v) is 12.5. The Kier molecular flexibility index (Phi) is 4.51. The summed E-state index contributed by atoms with van der Waals surface area (Å²) in [5, 5.41) is 13.2. The highest BCUT2D eigenvalue weighted by atomic mass is 79.9. The van der Waals surface area contributed by atoms with E-state index in [4.69, 9.17) is 4.74 Å². The summed E-state index contributed by atoms with van der Waals surface area (Å²) in [5.41, 5.74) is 1.11. The second-order valence-corrected chi connectivity index (χ2v) is 5.94. The first kappa shape index (κ1) is 13.7. The summed E-state index contributed by atoms with van der Waals surface area (Å²) < 4.78 is 5.81. The van der Waals surface area contributed by atoms with Crippen LogP contribution in [-0.2, 0) is 6.54 Å². The molecule has 0 saturated heterocycles. The van der Waals surface area contributed by atoms with Gasteiger partial charge in [-0.2, -0.15) is 0 Å². The molecular weight excluding hydrogens is 294 g/mol. The van der Waals surface area contributed by atoms with Crippen LogP contribution in [0.4, 0.5) is 0 Å². The number of rotatable bonds is 6. The van der Waals surface area contributed by atoms with Gasteiger partial charge in [0.05, 0.1) is 11.6 Å². The molecular formula is C14H20BrNO2. The molecule has 0 aromatic heterocycles. The average molecular weight is 314 g/mol. The zero-order chi connectivity index (χ0) is 13.1. The Labute approximate surface area is 117 Å². The predicted molar refractivity (Wildman–Crippen MR) is 76.0 cm³/mol. The smallest absolute Gasteiger partial charge is 0.172 e. The van der Waals surface area contributed by atoms with E-state index < -0.39 is 0 Å². The van der Waals surface area contributed by atoms with Crippen molar-refractivity contribution in [2.75, 3.05) is 7.11 Å². The van der Waals surface area contributed by atoms with Crippen molar-refractivity contribution < 1.29 is 9.84 Å². The van der Waals surface area contributed by atoms with Crippen molar-refractivity contribution >= 4 is 15.9 Å². The van der Waals surface area contributed by atoms with Crippen LogP contribution in [0.1, 0.15) is 31.7 Å². The van der Waals surface area contributed by atoms with E-state index in [1.54, 1.807) is 7.11 Å². The van der Waals surface area contributed by atoms with E-state index in [-0.39, 0.29) is 5.75 Å². The topological polar surface area (TPSA) is 41.5 Å². The molecule has 1 aromatic rings. The van der Waals surface area contributed by atoms with Crippen molar-refractivity contribution in [3.63, 3.8) is 0 Å². The van der Waals surface area contributed by atoms with Crippen molar-refractivity contribution in [3.8, 4) is 11.5 Å². The lowest BCUT2D eigenvalue weighted by Crippen LogP contribution is -2.25. The summed E-state index contributed by atoms with van der Waals surface area (Å²) in [6, 6.07) is 4.34. The highest BCUT2D eigenvalue weighted by molar-refractivity contribution is 9.10. The number of hydrogen-bond donors (Lipinski definition) is 2. The first-order chi connectivity index (χ1) is 8.60. The summed E-state index contributed by atoms with van der Waals surface area (Å²) in [7, 11) is 1.56. The van der Waals surface area contributed by atoms with Gasteiger partial charge in [-0.1, -0.05) is 12.8 Å². The molecule has 1 unspecified atom stereocenters. The van der Waals surface area contributed by atoms with Crippen LogP contribution in [-0.4, -0.2) is 18.3 Å². The standard InChI is InChI=1S/C14H20BrNO2/c1-9(5-10-3-4-10)16-8-11-6-12(15)14(17)13(7-11)18-2/h6-7,9-10,16-17H,3-5,8H2,1-2H3. The van der Waals surface area contributed by atoms with Gasteiger partial charge < -0.3 is 15.2 Å². The molecule has 1 atom stereocenters. The van der Waals surface area contributed by atoms with E-state index in [2.05, 4.69) is 28.2 Å². The Hall–Kier alpha value is -0.740. The van der Waals surface area contributed by atoms with Gasteiger partial charge in [-0.3, -0.25) is 0 Å². The Morgan fingerprint density at radius 1 is 1.50 bits per heavy atom. The molecule has 18 heavy (non-hydrogen) atoms. The Bertz CT molecular complexity index is 419. The average Bonchev–Trinajstić information content (AvgIpc) is 3.14. The lowest BCUT2D eigenvalue weighted by Gasteiger charge is -2.14. The fraction of sp³-hybridized carbons (Fsp3) is 0.571. The van der Waals surface area contributed by atoms with E-state index in [1.807, 2.05) is 12.1 Å². The van der Waals surface area contributed by atoms with E-state index >= 15 is 0 Å². The maximum Gasteiger partial charge on any atom is 0.172 e. The Balaban J connectivity index is 1.93. The van der Waals surface area contributed by atoms with E-state index in [0.29, 0.717) is 16.3 Å². The first-order valence-electron chi connectivity index (χ1n) is 6.39.